The summed E-state index contributed by atoms with van der Waals surface area (Å²) in [4.78, 5) is 26.1. The van der Waals surface area contributed by atoms with Crippen molar-refractivity contribution in [3.8, 4) is 0 Å². The van der Waals surface area contributed by atoms with E-state index in [9.17, 15) is 9.59 Å². The first kappa shape index (κ1) is 14.4. The number of aliphatic carboxylic acids is 1. The van der Waals surface area contributed by atoms with Gasteiger partial charge >= 0.3 is 5.97 Å². The number of methoxy groups -OCH3 is 1. The minimum atomic E-state index is -1.12. The second kappa shape index (κ2) is 6.93. The van der Waals surface area contributed by atoms with Crippen molar-refractivity contribution < 1.29 is 19.4 Å². The van der Waals surface area contributed by atoms with Gasteiger partial charge in [-0.1, -0.05) is 17.7 Å². The van der Waals surface area contributed by atoms with Crippen LogP contribution in [0.1, 0.15) is 5.56 Å². The number of ether oxygens (including phenoxy) is 1. The number of carboxylic acid groups (broad SMARTS) is 1. The highest BCUT2D eigenvalue weighted by Gasteiger charge is 2.20. The predicted octanol–water partition coefficient (Wildman–Crippen LogP) is 0.493. The minimum absolute atomic E-state index is 0.134. The number of hydrogen-bond acceptors (Lipinski definition) is 4. The van der Waals surface area contributed by atoms with E-state index in [0.29, 0.717) is 10.7 Å². The maximum absolute atomic E-state index is 11.3. The van der Waals surface area contributed by atoms with Crippen molar-refractivity contribution in [2.24, 2.45) is 0 Å². The SMILES string of the molecule is COCC(=O)N[C@@H](Cc1ccc(Cl)nc1)C(=O)O. The molecular weight excluding hydrogens is 260 g/mol. The smallest absolute Gasteiger partial charge is 0.326 e. The van der Waals surface area contributed by atoms with Crippen molar-refractivity contribution in [2.75, 3.05) is 13.7 Å². The van der Waals surface area contributed by atoms with Crippen LogP contribution in [0, 0.1) is 0 Å². The fourth-order valence-corrected chi connectivity index (χ4v) is 1.44. The number of carbonyl (C=O) groups is 2. The zero-order chi connectivity index (χ0) is 13.5. The third-order valence-corrected chi connectivity index (χ3v) is 2.36. The number of hydrogen-bond donors (Lipinski definition) is 2. The van der Waals surface area contributed by atoms with Crippen molar-refractivity contribution in [2.45, 2.75) is 12.5 Å². The zero-order valence-corrected chi connectivity index (χ0v) is 10.5. The molecule has 0 unspecified atom stereocenters. The van der Waals surface area contributed by atoms with Gasteiger partial charge in [-0.2, -0.15) is 0 Å². The molecule has 98 valence electrons. The molecule has 0 aliphatic carbocycles. The number of halogens is 1. The predicted molar refractivity (Wildman–Crippen MR) is 64.4 cm³/mol. The van der Waals surface area contributed by atoms with E-state index in [0.717, 1.165) is 0 Å². The van der Waals surface area contributed by atoms with Crippen molar-refractivity contribution >= 4 is 23.5 Å². The third-order valence-electron chi connectivity index (χ3n) is 2.14. The average molecular weight is 273 g/mol. The lowest BCUT2D eigenvalue weighted by atomic mass is 10.1. The van der Waals surface area contributed by atoms with Crippen LogP contribution in [0.3, 0.4) is 0 Å². The van der Waals surface area contributed by atoms with Crippen molar-refractivity contribution in [1.29, 1.82) is 0 Å². The molecule has 1 aromatic heterocycles. The Morgan fingerprint density at radius 3 is 2.78 bits per heavy atom. The Labute approximate surface area is 109 Å². The van der Waals surface area contributed by atoms with Crippen molar-refractivity contribution in [3.63, 3.8) is 0 Å². The number of carbonyl (C=O) groups excluding carboxylic acids is 1. The molecule has 0 saturated carbocycles. The van der Waals surface area contributed by atoms with Crippen LogP contribution in [0.15, 0.2) is 18.3 Å². The van der Waals surface area contributed by atoms with E-state index in [1.807, 2.05) is 0 Å². The Hall–Kier alpha value is -1.66. The molecule has 0 fully saturated rings. The molecule has 0 radical (unpaired) electrons. The number of aromatic nitrogens is 1. The lowest BCUT2D eigenvalue weighted by Crippen LogP contribution is -2.43. The van der Waals surface area contributed by atoms with Gasteiger partial charge in [0.1, 0.15) is 17.8 Å². The van der Waals surface area contributed by atoms with Gasteiger partial charge in [-0.05, 0) is 11.6 Å². The van der Waals surface area contributed by atoms with Crippen LogP contribution in [-0.4, -0.2) is 41.7 Å². The number of nitrogens with zero attached hydrogens (tertiary/aromatic N) is 1. The minimum Gasteiger partial charge on any atom is -0.480 e. The molecule has 6 nitrogen and oxygen atoms in total. The highest BCUT2D eigenvalue weighted by molar-refractivity contribution is 6.29. The lowest BCUT2D eigenvalue weighted by Gasteiger charge is -2.14. The van der Waals surface area contributed by atoms with Gasteiger partial charge in [0, 0.05) is 19.7 Å². The summed E-state index contributed by atoms with van der Waals surface area (Å²) in [5.41, 5.74) is 0.671. The second-order valence-electron chi connectivity index (χ2n) is 3.58. The summed E-state index contributed by atoms with van der Waals surface area (Å²) >= 11 is 5.62. The molecular formula is C11H13ClN2O4. The van der Waals surface area contributed by atoms with E-state index >= 15 is 0 Å². The molecule has 0 aromatic carbocycles. The van der Waals surface area contributed by atoms with Gasteiger partial charge in [-0.15, -0.1) is 0 Å². The number of pyridine rings is 1. The Morgan fingerprint density at radius 1 is 1.56 bits per heavy atom. The zero-order valence-electron chi connectivity index (χ0n) is 9.72. The van der Waals surface area contributed by atoms with Crippen molar-refractivity contribution in [3.05, 3.63) is 29.0 Å². The Morgan fingerprint density at radius 2 is 2.28 bits per heavy atom. The Kier molecular flexibility index (Phi) is 5.54. The van der Waals surface area contributed by atoms with Crippen LogP contribution in [-0.2, 0) is 20.7 Å². The molecule has 7 heteroatoms. The Balaban J connectivity index is 2.65. The molecule has 2 N–H and O–H groups in total. The monoisotopic (exact) mass is 272 g/mol. The topological polar surface area (TPSA) is 88.5 Å². The summed E-state index contributed by atoms with van der Waals surface area (Å²) in [5.74, 6) is -1.60. The first-order chi connectivity index (χ1) is 8.52. The van der Waals surface area contributed by atoms with E-state index in [1.165, 1.54) is 13.3 Å². The summed E-state index contributed by atoms with van der Waals surface area (Å²) in [6.45, 7) is -0.178. The van der Waals surface area contributed by atoms with Crippen LogP contribution in [0.4, 0.5) is 0 Å². The van der Waals surface area contributed by atoms with Crippen LogP contribution >= 0.6 is 11.6 Å². The molecule has 18 heavy (non-hydrogen) atoms. The second-order valence-corrected chi connectivity index (χ2v) is 3.97. The first-order valence-corrected chi connectivity index (χ1v) is 5.52. The molecule has 0 spiro atoms. The average Bonchev–Trinajstić information content (AvgIpc) is 2.31. The van der Waals surface area contributed by atoms with Crippen LogP contribution in [0.25, 0.3) is 0 Å². The Bertz CT molecular complexity index is 422. The molecule has 0 bridgehead atoms. The molecule has 0 aliphatic rings. The molecule has 1 amide bonds. The van der Waals surface area contributed by atoms with E-state index in [1.54, 1.807) is 12.1 Å². The van der Waals surface area contributed by atoms with E-state index < -0.39 is 17.9 Å². The maximum atomic E-state index is 11.3. The number of amides is 1. The normalized spacial score (nSPS) is 11.9. The molecule has 0 saturated heterocycles. The first-order valence-electron chi connectivity index (χ1n) is 5.14. The molecule has 1 rings (SSSR count). The molecule has 1 atom stereocenters. The standard InChI is InChI=1S/C11H13ClN2O4/c1-18-6-10(15)14-8(11(16)17)4-7-2-3-9(12)13-5-7/h2-3,5,8H,4,6H2,1H3,(H,14,15)(H,16,17)/t8-/m0/s1. The largest absolute Gasteiger partial charge is 0.480 e. The lowest BCUT2D eigenvalue weighted by molar-refractivity contribution is -0.142. The highest BCUT2D eigenvalue weighted by atomic mass is 35.5. The summed E-state index contributed by atoms with van der Waals surface area (Å²) in [6, 6.07) is 2.20. The van der Waals surface area contributed by atoms with Gasteiger partial charge < -0.3 is 15.2 Å². The van der Waals surface area contributed by atoms with Gasteiger partial charge in [-0.3, -0.25) is 4.79 Å². The summed E-state index contributed by atoms with van der Waals surface area (Å²) in [6.07, 6.45) is 1.61. The summed E-state index contributed by atoms with van der Waals surface area (Å²) < 4.78 is 4.62. The van der Waals surface area contributed by atoms with Gasteiger partial charge in [-0.25, -0.2) is 9.78 Å². The number of rotatable bonds is 6. The van der Waals surface area contributed by atoms with E-state index in [2.05, 4.69) is 15.0 Å². The molecule has 0 aliphatic heterocycles. The summed E-state index contributed by atoms with van der Waals surface area (Å²) in [7, 11) is 1.36. The number of carboxylic acids is 1. The fourth-order valence-electron chi connectivity index (χ4n) is 1.33. The van der Waals surface area contributed by atoms with E-state index in [4.69, 9.17) is 16.7 Å². The van der Waals surface area contributed by atoms with Gasteiger partial charge in [0.05, 0.1) is 0 Å². The fraction of sp³-hybridized carbons (Fsp3) is 0.364. The van der Waals surface area contributed by atoms with Crippen molar-refractivity contribution in [1.82, 2.24) is 10.3 Å². The quantitative estimate of drug-likeness (QED) is 0.736. The van der Waals surface area contributed by atoms with Crippen LogP contribution in [0.5, 0.6) is 0 Å². The van der Waals surface area contributed by atoms with Crippen LogP contribution in [0.2, 0.25) is 5.15 Å². The van der Waals surface area contributed by atoms with Gasteiger partial charge in [0.2, 0.25) is 5.91 Å². The molecule has 1 heterocycles. The van der Waals surface area contributed by atoms with Crippen LogP contribution < -0.4 is 5.32 Å². The number of nitrogens with one attached hydrogen (secondary N) is 1. The maximum Gasteiger partial charge on any atom is 0.326 e. The highest BCUT2D eigenvalue weighted by Crippen LogP contribution is 2.07. The third kappa shape index (κ3) is 4.68. The summed E-state index contributed by atoms with van der Waals surface area (Å²) in [5, 5.41) is 11.7. The van der Waals surface area contributed by atoms with Gasteiger partial charge in [0.25, 0.3) is 0 Å². The van der Waals surface area contributed by atoms with E-state index in [-0.39, 0.29) is 13.0 Å². The van der Waals surface area contributed by atoms with Gasteiger partial charge in [0.15, 0.2) is 0 Å². The molecule has 1 aromatic rings.